The molecule has 2 fully saturated rings. The maximum atomic E-state index is 11.5. The molecule has 0 aromatic carbocycles. The van der Waals surface area contributed by atoms with E-state index < -0.39 is 4.92 Å². The van der Waals surface area contributed by atoms with E-state index in [4.69, 9.17) is 10.5 Å². The van der Waals surface area contributed by atoms with E-state index in [1.807, 2.05) is 4.90 Å². The summed E-state index contributed by atoms with van der Waals surface area (Å²) < 4.78 is 5.33. The second-order valence-electron chi connectivity index (χ2n) is 6.79. The predicted molar refractivity (Wildman–Crippen MR) is 91.3 cm³/mol. The van der Waals surface area contributed by atoms with Crippen LogP contribution >= 0.6 is 0 Å². The SMILES string of the molecule is C[C@@H]1C[C@@H](C)CN(c2nc(N)c([N+](=O)[O-])c(N3CCOCC3)n2)C1. The molecule has 24 heavy (non-hydrogen) atoms. The van der Waals surface area contributed by atoms with Crippen molar-refractivity contribution in [3.05, 3.63) is 10.1 Å². The Labute approximate surface area is 140 Å². The minimum absolute atomic E-state index is 0.0719. The Balaban J connectivity index is 1.99. The summed E-state index contributed by atoms with van der Waals surface area (Å²) in [5, 5.41) is 11.5. The average Bonchev–Trinajstić information content (AvgIpc) is 2.53. The Morgan fingerprint density at radius 2 is 1.79 bits per heavy atom. The third-order valence-corrected chi connectivity index (χ3v) is 4.53. The summed E-state index contributed by atoms with van der Waals surface area (Å²) in [4.78, 5) is 23.7. The summed E-state index contributed by atoms with van der Waals surface area (Å²) in [6.07, 6.45) is 1.16. The molecule has 2 aliphatic rings. The zero-order chi connectivity index (χ0) is 17.3. The second-order valence-corrected chi connectivity index (χ2v) is 6.79. The van der Waals surface area contributed by atoms with Crippen LogP contribution in [0.5, 0.6) is 0 Å². The summed E-state index contributed by atoms with van der Waals surface area (Å²) in [6, 6.07) is 0. The molecule has 0 spiro atoms. The van der Waals surface area contributed by atoms with E-state index >= 15 is 0 Å². The first-order chi connectivity index (χ1) is 11.5. The maximum Gasteiger partial charge on any atom is 0.353 e. The molecule has 2 aliphatic heterocycles. The van der Waals surface area contributed by atoms with Gasteiger partial charge in [-0.3, -0.25) is 10.1 Å². The molecule has 2 N–H and O–H groups in total. The highest BCUT2D eigenvalue weighted by molar-refractivity contribution is 5.71. The van der Waals surface area contributed by atoms with Crippen molar-refractivity contribution in [2.24, 2.45) is 11.8 Å². The van der Waals surface area contributed by atoms with E-state index in [-0.39, 0.29) is 11.5 Å². The normalized spacial score (nSPS) is 24.9. The molecule has 132 valence electrons. The molecule has 2 atom stereocenters. The molecular formula is C15H24N6O3. The van der Waals surface area contributed by atoms with Gasteiger partial charge >= 0.3 is 5.69 Å². The van der Waals surface area contributed by atoms with Crippen molar-refractivity contribution in [1.82, 2.24) is 9.97 Å². The Morgan fingerprint density at radius 3 is 2.38 bits per heavy atom. The van der Waals surface area contributed by atoms with Crippen LogP contribution in [-0.4, -0.2) is 54.3 Å². The second kappa shape index (κ2) is 6.76. The van der Waals surface area contributed by atoms with Gasteiger partial charge in [-0.05, 0) is 18.3 Å². The first-order valence-electron chi connectivity index (χ1n) is 8.35. The Morgan fingerprint density at radius 1 is 1.17 bits per heavy atom. The largest absolute Gasteiger partial charge is 0.378 e. The summed E-state index contributed by atoms with van der Waals surface area (Å²) in [7, 11) is 0. The molecule has 0 saturated carbocycles. The van der Waals surface area contributed by atoms with Gasteiger partial charge in [-0.15, -0.1) is 0 Å². The molecule has 0 radical (unpaired) electrons. The number of hydrogen-bond donors (Lipinski definition) is 1. The van der Waals surface area contributed by atoms with Crippen LogP contribution in [-0.2, 0) is 4.74 Å². The fourth-order valence-corrected chi connectivity index (χ4v) is 3.59. The number of nitrogens with zero attached hydrogens (tertiary/aromatic N) is 5. The van der Waals surface area contributed by atoms with Crippen LogP contribution in [0.3, 0.4) is 0 Å². The molecule has 1 aromatic rings. The topological polar surface area (TPSA) is 111 Å². The number of piperidine rings is 1. The highest BCUT2D eigenvalue weighted by Crippen LogP contribution is 2.34. The van der Waals surface area contributed by atoms with E-state index in [2.05, 4.69) is 28.7 Å². The van der Waals surface area contributed by atoms with Crippen molar-refractivity contribution in [3.63, 3.8) is 0 Å². The first kappa shape index (κ1) is 16.7. The number of nitro groups is 1. The molecule has 2 saturated heterocycles. The van der Waals surface area contributed by atoms with E-state index in [9.17, 15) is 10.1 Å². The molecule has 0 unspecified atom stereocenters. The van der Waals surface area contributed by atoms with Gasteiger partial charge in [0, 0.05) is 26.2 Å². The van der Waals surface area contributed by atoms with Gasteiger partial charge < -0.3 is 20.3 Å². The molecule has 3 heterocycles. The lowest BCUT2D eigenvalue weighted by Crippen LogP contribution is -2.41. The number of nitrogen functional groups attached to an aromatic ring is 1. The highest BCUT2D eigenvalue weighted by atomic mass is 16.6. The number of morpholine rings is 1. The van der Waals surface area contributed by atoms with Crippen LogP contribution in [0.1, 0.15) is 20.3 Å². The monoisotopic (exact) mass is 336 g/mol. The summed E-state index contributed by atoms with van der Waals surface area (Å²) in [5.74, 6) is 1.77. The quantitative estimate of drug-likeness (QED) is 0.649. The van der Waals surface area contributed by atoms with Crippen molar-refractivity contribution in [3.8, 4) is 0 Å². The molecule has 0 amide bonds. The Kier molecular flexibility index (Phi) is 4.70. The van der Waals surface area contributed by atoms with Crippen LogP contribution in [0.4, 0.5) is 23.3 Å². The third-order valence-electron chi connectivity index (χ3n) is 4.53. The minimum Gasteiger partial charge on any atom is -0.378 e. The van der Waals surface area contributed by atoms with Gasteiger partial charge in [-0.25, -0.2) is 0 Å². The van der Waals surface area contributed by atoms with Gasteiger partial charge in [-0.2, -0.15) is 9.97 Å². The van der Waals surface area contributed by atoms with Gasteiger partial charge in [0.15, 0.2) is 0 Å². The zero-order valence-electron chi connectivity index (χ0n) is 14.1. The van der Waals surface area contributed by atoms with Crippen LogP contribution < -0.4 is 15.5 Å². The molecule has 9 nitrogen and oxygen atoms in total. The van der Waals surface area contributed by atoms with Crippen LogP contribution in [0.25, 0.3) is 0 Å². The number of aromatic nitrogens is 2. The number of hydrogen-bond acceptors (Lipinski definition) is 8. The van der Waals surface area contributed by atoms with Crippen molar-refractivity contribution in [2.75, 3.05) is 54.9 Å². The van der Waals surface area contributed by atoms with E-state index in [0.29, 0.717) is 49.9 Å². The van der Waals surface area contributed by atoms with Crippen molar-refractivity contribution in [2.45, 2.75) is 20.3 Å². The van der Waals surface area contributed by atoms with Crippen molar-refractivity contribution in [1.29, 1.82) is 0 Å². The lowest BCUT2D eigenvalue weighted by molar-refractivity contribution is -0.383. The van der Waals surface area contributed by atoms with Gasteiger partial charge in [0.1, 0.15) is 0 Å². The fourth-order valence-electron chi connectivity index (χ4n) is 3.59. The maximum absolute atomic E-state index is 11.5. The van der Waals surface area contributed by atoms with Crippen LogP contribution in [0.2, 0.25) is 0 Å². The first-order valence-corrected chi connectivity index (χ1v) is 8.35. The lowest BCUT2D eigenvalue weighted by Gasteiger charge is -2.35. The van der Waals surface area contributed by atoms with Crippen LogP contribution in [0, 0.1) is 22.0 Å². The predicted octanol–water partition coefficient (Wildman–Crippen LogP) is 1.29. The molecule has 0 aliphatic carbocycles. The summed E-state index contributed by atoms with van der Waals surface area (Å²) in [6.45, 7) is 8.23. The molecule has 3 rings (SSSR count). The number of anilines is 3. The van der Waals surface area contributed by atoms with Gasteiger partial charge in [0.25, 0.3) is 0 Å². The standard InChI is InChI=1S/C15H24N6O3/c1-10-7-11(2)9-20(8-10)15-17-13(16)12(21(22)23)14(18-15)19-3-5-24-6-4-19/h10-11H,3-9H2,1-2H3,(H2,16,17,18)/t10-,11-/m1/s1. The molecule has 0 bridgehead atoms. The Hall–Kier alpha value is -2.16. The number of rotatable bonds is 3. The zero-order valence-corrected chi connectivity index (χ0v) is 14.1. The summed E-state index contributed by atoms with van der Waals surface area (Å²) in [5.41, 5.74) is 5.72. The fraction of sp³-hybridized carbons (Fsp3) is 0.733. The molecule has 9 heteroatoms. The van der Waals surface area contributed by atoms with Gasteiger partial charge in [-0.1, -0.05) is 13.8 Å². The van der Waals surface area contributed by atoms with Crippen molar-refractivity contribution < 1.29 is 9.66 Å². The van der Waals surface area contributed by atoms with E-state index in [1.54, 1.807) is 0 Å². The van der Waals surface area contributed by atoms with E-state index in [0.717, 1.165) is 19.5 Å². The smallest absolute Gasteiger partial charge is 0.353 e. The third kappa shape index (κ3) is 3.35. The molecule has 1 aromatic heterocycles. The van der Waals surface area contributed by atoms with Crippen LogP contribution in [0.15, 0.2) is 0 Å². The minimum atomic E-state index is -0.495. The molecular weight excluding hydrogens is 312 g/mol. The lowest BCUT2D eigenvalue weighted by atomic mass is 9.92. The van der Waals surface area contributed by atoms with Gasteiger partial charge in [0.2, 0.25) is 17.6 Å². The van der Waals surface area contributed by atoms with Gasteiger partial charge in [0.05, 0.1) is 18.1 Å². The van der Waals surface area contributed by atoms with Crippen molar-refractivity contribution >= 4 is 23.3 Å². The average molecular weight is 336 g/mol. The highest BCUT2D eigenvalue weighted by Gasteiger charge is 2.31. The summed E-state index contributed by atoms with van der Waals surface area (Å²) >= 11 is 0. The van der Waals surface area contributed by atoms with E-state index in [1.165, 1.54) is 0 Å². The Bertz CT molecular complexity index is 609. The number of ether oxygens (including phenoxy) is 1. The number of nitrogens with two attached hydrogens (primary N) is 1.